The van der Waals surface area contributed by atoms with Gasteiger partial charge in [-0.1, -0.05) is 0 Å². The fourth-order valence-corrected chi connectivity index (χ4v) is 1.24. The Balaban J connectivity index is 2.30. The molecule has 0 aromatic carbocycles. The van der Waals surface area contributed by atoms with E-state index in [0.717, 1.165) is 12.8 Å². The van der Waals surface area contributed by atoms with E-state index in [-0.39, 0.29) is 25.4 Å². The van der Waals surface area contributed by atoms with Gasteiger partial charge in [-0.3, -0.25) is 9.59 Å². The van der Waals surface area contributed by atoms with Crippen LogP contribution in [0.4, 0.5) is 0 Å². The van der Waals surface area contributed by atoms with Crippen molar-refractivity contribution in [1.29, 1.82) is 0 Å². The molecule has 0 saturated heterocycles. The average Bonchev–Trinajstić information content (AvgIpc) is 2.94. The summed E-state index contributed by atoms with van der Waals surface area (Å²) in [5, 5.41) is 20.0. The number of hydrogen-bond acceptors (Lipinski definition) is 4. The zero-order chi connectivity index (χ0) is 11.5. The van der Waals surface area contributed by atoms with Gasteiger partial charge in [0.05, 0.1) is 18.2 Å². The van der Waals surface area contributed by atoms with E-state index in [1.54, 1.807) is 0 Å². The summed E-state index contributed by atoms with van der Waals surface area (Å²) in [5.41, 5.74) is 5.01. The normalized spacial score (nSPS) is 19.3. The summed E-state index contributed by atoms with van der Waals surface area (Å²) in [5.74, 6) is -1.36. The smallest absolute Gasteiger partial charge is 0.303 e. The summed E-state index contributed by atoms with van der Waals surface area (Å²) in [6, 6.07) is -0.815. The number of aliphatic hydroxyl groups excluding tert-OH is 1. The van der Waals surface area contributed by atoms with Gasteiger partial charge in [-0.2, -0.15) is 0 Å². The molecule has 1 fully saturated rings. The first-order valence-electron chi connectivity index (χ1n) is 4.89. The molecule has 0 heterocycles. The lowest BCUT2D eigenvalue weighted by atomic mass is 10.1. The van der Waals surface area contributed by atoms with E-state index >= 15 is 0 Å². The van der Waals surface area contributed by atoms with E-state index < -0.39 is 17.6 Å². The highest BCUT2D eigenvalue weighted by molar-refractivity contribution is 5.83. The molecule has 1 rings (SSSR count). The van der Waals surface area contributed by atoms with Gasteiger partial charge < -0.3 is 21.3 Å². The molecule has 1 atom stereocenters. The summed E-state index contributed by atoms with van der Waals surface area (Å²) < 4.78 is 0. The highest BCUT2D eigenvalue weighted by Gasteiger charge is 2.43. The highest BCUT2D eigenvalue weighted by Crippen LogP contribution is 2.34. The summed E-state index contributed by atoms with van der Waals surface area (Å²) in [6.07, 6.45) is 1.49. The van der Waals surface area contributed by atoms with Gasteiger partial charge in [0.15, 0.2) is 0 Å². The average molecular weight is 216 g/mol. The third-order valence-corrected chi connectivity index (χ3v) is 2.55. The monoisotopic (exact) mass is 216 g/mol. The number of carboxylic acid groups (broad SMARTS) is 1. The first-order valence-corrected chi connectivity index (χ1v) is 4.89. The minimum atomic E-state index is -0.971. The Bertz CT molecular complexity index is 263. The maximum Gasteiger partial charge on any atom is 0.303 e. The molecule has 0 aromatic heterocycles. The van der Waals surface area contributed by atoms with Crippen LogP contribution in [-0.2, 0) is 9.59 Å². The molecular weight excluding hydrogens is 200 g/mol. The molecule has 1 saturated carbocycles. The van der Waals surface area contributed by atoms with E-state index in [1.165, 1.54) is 0 Å². The molecule has 15 heavy (non-hydrogen) atoms. The van der Waals surface area contributed by atoms with Crippen LogP contribution in [-0.4, -0.2) is 40.3 Å². The fourth-order valence-electron chi connectivity index (χ4n) is 1.24. The van der Waals surface area contributed by atoms with Crippen LogP contribution in [0.25, 0.3) is 0 Å². The van der Waals surface area contributed by atoms with Gasteiger partial charge >= 0.3 is 5.97 Å². The Morgan fingerprint density at radius 1 is 1.47 bits per heavy atom. The van der Waals surface area contributed by atoms with Crippen molar-refractivity contribution in [2.24, 2.45) is 5.73 Å². The number of nitrogens with one attached hydrogen (secondary N) is 1. The molecule has 0 radical (unpaired) electrons. The SMILES string of the molecule is NC(CCC(=O)O)C(=O)NC1(CO)CC1. The lowest BCUT2D eigenvalue weighted by molar-refractivity contribution is -0.137. The van der Waals surface area contributed by atoms with E-state index in [0.29, 0.717) is 0 Å². The van der Waals surface area contributed by atoms with Gasteiger partial charge in [0, 0.05) is 6.42 Å². The Kier molecular flexibility index (Phi) is 3.65. The van der Waals surface area contributed by atoms with Gasteiger partial charge in [0.25, 0.3) is 0 Å². The largest absolute Gasteiger partial charge is 0.481 e. The Morgan fingerprint density at radius 2 is 2.07 bits per heavy atom. The van der Waals surface area contributed by atoms with Gasteiger partial charge in [0.2, 0.25) is 5.91 Å². The number of carbonyl (C=O) groups excluding carboxylic acids is 1. The summed E-state index contributed by atoms with van der Waals surface area (Å²) in [6.45, 7) is -0.0929. The minimum absolute atomic E-state index is 0.0929. The van der Waals surface area contributed by atoms with Crippen molar-refractivity contribution in [3.63, 3.8) is 0 Å². The molecule has 5 N–H and O–H groups in total. The molecule has 1 aliphatic rings. The minimum Gasteiger partial charge on any atom is -0.481 e. The van der Waals surface area contributed by atoms with Gasteiger partial charge in [0.1, 0.15) is 0 Å². The van der Waals surface area contributed by atoms with Crippen molar-refractivity contribution in [3.8, 4) is 0 Å². The van der Waals surface area contributed by atoms with Crippen LogP contribution in [0.5, 0.6) is 0 Å². The van der Waals surface area contributed by atoms with Crippen LogP contribution >= 0.6 is 0 Å². The van der Waals surface area contributed by atoms with Crippen molar-refractivity contribution in [1.82, 2.24) is 5.32 Å². The number of rotatable bonds is 6. The lowest BCUT2D eigenvalue weighted by Crippen LogP contribution is -2.48. The van der Waals surface area contributed by atoms with E-state index in [4.69, 9.17) is 15.9 Å². The summed E-state index contributed by atoms with van der Waals surface area (Å²) >= 11 is 0. The van der Waals surface area contributed by atoms with Crippen LogP contribution in [0.3, 0.4) is 0 Å². The molecule has 1 unspecified atom stereocenters. The van der Waals surface area contributed by atoms with E-state index in [9.17, 15) is 9.59 Å². The summed E-state index contributed by atoms with van der Waals surface area (Å²) in [7, 11) is 0. The first-order chi connectivity index (χ1) is 6.99. The highest BCUT2D eigenvalue weighted by atomic mass is 16.4. The third kappa shape index (κ3) is 3.49. The second-order valence-corrected chi connectivity index (χ2v) is 3.97. The van der Waals surface area contributed by atoms with Crippen LogP contribution < -0.4 is 11.1 Å². The zero-order valence-electron chi connectivity index (χ0n) is 8.40. The Morgan fingerprint density at radius 3 is 2.47 bits per heavy atom. The van der Waals surface area contributed by atoms with Gasteiger partial charge in [-0.15, -0.1) is 0 Å². The maximum absolute atomic E-state index is 11.4. The number of aliphatic carboxylic acids is 1. The second kappa shape index (κ2) is 4.59. The fraction of sp³-hybridized carbons (Fsp3) is 0.778. The maximum atomic E-state index is 11.4. The summed E-state index contributed by atoms with van der Waals surface area (Å²) in [4.78, 5) is 21.7. The van der Waals surface area contributed by atoms with E-state index in [2.05, 4.69) is 5.32 Å². The molecule has 0 aromatic rings. The van der Waals surface area contributed by atoms with Crippen molar-refractivity contribution in [2.45, 2.75) is 37.3 Å². The number of aliphatic hydroxyl groups is 1. The molecule has 86 valence electrons. The Labute approximate surface area is 87.5 Å². The lowest BCUT2D eigenvalue weighted by Gasteiger charge is -2.17. The van der Waals surface area contributed by atoms with E-state index in [1.807, 2.05) is 0 Å². The van der Waals surface area contributed by atoms with Crippen LogP contribution in [0.1, 0.15) is 25.7 Å². The van der Waals surface area contributed by atoms with Crippen molar-refractivity contribution < 1.29 is 19.8 Å². The third-order valence-electron chi connectivity index (χ3n) is 2.55. The van der Waals surface area contributed by atoms with Crippen molar-refractivity contribution in [3.05, 3.63) is 0 Å². The number of carbonyl (C=O) groups is 2. The molecular formula is C9H16N2O4. The molecule has 6 nitrogen and oxygen atoms in total. The second-order valence-electron chi connectivity index (χ2n) is 3.97. The molecule has 1 amide bonds. The first kappa shape index (κ1) is 11.9. The number of carboxylic acids is 1. The molecule has 0 spiro atoms. The number of nitrogens with two attached hydrogens (primary N) is 1. The molecule has 0 aliphatic heterocycles. The molecule has 1 aliphatic carbocycles. The van der Waals surface area contributed by atoms with Crippen molar-refractivity contribution in [2.75, 3.05) is 6.61 Å². The van der Waals surface area contributed by atoms with Crippen molar-refractivity contribution >= 4 is 11.9 Å². The zero-order valence-corrected chi connectivity index (χ0v) is 8.40. The van der Waals surface area contributed by atoms with Gasteiger partial charge in [-0.25, -0.2) is 0 Å². The quantitative estimate of drug-likeness (QED) is 0.446. The molecule has 0 bridgehead atoms. The Hall–Kier alpha value is -1.14. The van der Waals surface area contributed by atoms with Crippen LogP contribution in [0.2, 0.25) is 0 Å². The van der Waals surface area contributed by atoms with Crippen LogP contribution in [0, 0.1) is 0 Å². The standard InChI is InChI=1S/C9H16N2O4/c10-6(1-2-7(13)14)8(15)11-9(5-12)3-4-9/h6,12H,1-5,10H2,(H,11,15)(H,13,14). The topological polar surface area (TPSA) is 113 Å². The van der Waals surface area contributed by atoms with Crippen LogP contribution in [0.15, 0.2) is 0 Å². The predicted octanol–water partition coefficient (Wildman–Crippen LogP) is -1.18. The predicted molar refractivity (Wildman–Crippen MR) is 52.0 cm³/mol. The number of hydrogen-bond donors (Lipinski definition) is 4. The van der Waals surface area contributed by atoms with Gasteiger partial charge in [-0.05, 0) is 19.3 Å². The number of amides is 1. The molecule has 6 heteroatoms.